The molecule has 0 spiro atoms. The molecule has 0 unspecified atom stereocenters. The van der Waals surface area contributed by atoms with E-state index in [1.807, 2.05) is 24.3 Å². The number of thiocarbonyl (C=S) groups is 1. The fraction of sp³-hybridized carbons (Fsp3) is 0.235. The highest BCUT2D eigenvalue weighted by atomic mass is 79.9. The molecule has 0 saturated carbocycles. The van der Waals surface area contributed by atoms with Gasteiger partial charge >= 0.3 is 0 Å². The van der Waals surface area contributed by atoms with Crippen molar-refractivity contribution in [1.82, 2.24) is 5.32 Å². The van der Waals surface area contributed by atoms with Crippen molar-refractivity contribution in [2.75, 3.05) is 5.32 Å². The molecule has 0 heterocycles. The van der Waals surface area contributed by atoms with E-state index in [0.717, 1.165) is 16.6 Å². The Bertz CT molecular complexity index is 639. The summed E-state index contributed by atoms with van der Waals surface area (Å²) in [5, 5.41) is 7.37. The Labute approximate surface area is 139 Å². The highest BCUT2D eigenvalue weighted by Gasteiger charge is 2.20. The van der Waals surface area contributed by atoms with Crippen LogP contribution in [0.25, 0.3) is 0 Å². The Hall–Kier alpha value is -1.39. The number of hydrogen-bond acceptors (Lipinski definition) is 1. The molecule has 0 fully saturated rings. The van der Waals surface area contributed by atoms with Crippen molar-refractivity contribution in [2.24, 2.45) is 0 Å². The van der Waals surface area contributed by atoms with E-state index >= 15 is 0 Å². The van der Waals surface area contributed by atoms with Crippen molar-refractivity contribution in [3.8, 4) is 0 Å². The maximum atomic E-state index is 5.44. The maximum Gasteiger partial charge on any atom is 0.171 e. The van der Waals surface area contributed by atoms with Crippen LogP contribution in [0.2, 0.25) is 0 Å². The molecule has 0 amide bonds. The van der Waals surface area contributed by atoms with Gasteiger partial charge in [0.1, 0.15) is 0 Å². The van der Waals surface area contributed by atoms with Crippen LogP contribution in [0, 0.1) is 0 Å². The van der Waals surface area contributed by atoms with Crippen LogP contribution in [-0.4, -0.2) is 5.11 Å². The Morgan fingerprint density at radius 1 is 1.10 bits per heavy atom. The number of benzene rings is 2. The third-order valence-corrected chi connectivity index (χ3v) is 4.53. The van der Waals surface area contributed by atoms with E-state index in [0.29, 0.717) is 11.2 Å². The molecule has 2 N–H and O–H groups in total. The first kappa shape index (κ1) is 14.5. The lowest BCUT2D eigenvalue weighted by Crippen LogP contribution is -2.34. The number of anilines is 1. The minimum atomic E-state index is 0.311. The summed E-state index contributed by atoms with van der Waals surface area (Å²) >= 11 is 8.88. The van der Waals surface area contributed by atoms with Gasteiger partial charge in [-0.3, -0.25) is 0 Å². The number of halogens is 1. The van der Waals surface area contributed by atoms with E-state index in [2.05, 4.69) is 50.8 Å². The fourth-order valence-corrected chi connectivity index (χ4v) is 3.29. The fourth-order valence-electron chi connectivity index (χ4n) is 2.76. The van der Waals surface area contributed by atoms with Gasteiger partial charge in [0.25, 0.3) is 0 Å². The van der Waals surface area contributed by atoms with E-state index < -0.39 is 0 Å². The third-order valence-electron chi connectivity index (χ3n) is 3.78. The Morgan fingerprint density at radius 3 is 2.67 bits per heavy atom. The standard InChI is InChI=1S/C17H17BrN2S/c18-13-8-10-14(11-9-13)19-17(21)20-16-7-3-5-12-4-1-2-6-15(12)16/h1-2,4,6,8-11,16H,3,5,7H2,(H2,19,20,21)/t16-/m1/s1. The highest BCUT2D eigenvalue weighted by Crippen LogP contribution is 2.29. The second kappa shape index (κ2) is 6.58. The first-order chi connectivity index (χ1) is 10.2. The Balaban J connectivity index is 1.67. The lowest BCUT2D eigenvalue weighted by atomic mass is 9.88. The largest absolute Gasteiger partial charge is 0.356 e. The third kappa shape index (κ3) is 3.63. The molecular weight excluding hydrogens is 344 g/mol. The normalized spacial score (nSPS) is 16.9. The minimum Gasteiger partial charge on any atom is -0.356 e. The summed E-state index contributed by atoms with van der Waals surface area (Å²) in [7, 11) is 0. The van der Waals surface area contributed by atoms with Crippen LogP contribution < -0.4 is 10.6 Å². The number of fused-ring (bicyclic) bond motifs is 1. The number of nitrogens with one attached hydrogen (secondary N) is 2. The number of aryl methyl sites for hydroxylation is 1. The monoisotopic (exact) mass is 360 g/mol. The van der Waals surface area contributed by atoms with Gasteiger partial charge in [0.15, 0.2) is 5.11 Å². The second-order valence-corrected chi connectivity index (χ2v) is 6.57. The van der Waals surface area contributed by atoms with Crippen LogP contribution in [0.15, 0.2) is 53.0 Å². The van der Waals surface area contributed by atoms with Crippen LogP contribution in [0.4, 0.5) is 5.69 Å². The van der Waals surface area contributed by atoms with Crippen molar-refractivity contribution in [1.29, 1.82) is 0 Å². The first-order valence-electron chi connectivity index (χ1n) is 7.13. The van der Waals surface area contributed by atoms with Crippen LogP contribution in [0.5, 0.6) is 0 Å². The Morgan fingerprint density at radius 2 is 1.86 bits per heavy atom. The molecule has 0 aromatic heterocycles. The van der Waals surface area contributed by atoms with Gasteiger partial charge < -0.3 is 10.6 Å². The average Bonchev–Trinajstić information content (AvgIpc) is 2.50. The van der Waals surface area contributed by atoms with Gasteiger partial charge in [-0.05, 0) is 66.9 Å². The van der Waals surface area contributed by atoms with Crippen molar-refractivity contribution in [2.45, 2.75) is 25.3 Å². The molecule has 0 aliphatic heterocycles. The topological polar surface area (TPSA) is 24.1 Å². The summed E-state index contributed by atoms with van der Waals surface area (Å²) < 4.78 is 1.06. The molecule has 1 atom stereocenters. The molecule has 0 bridgehead atoms. The van der Waals surface area contributed by atoms with E-state index in [4.69, 9.17) is 12.2 Å². The van der Waals surface area contributed by atoms with Crippen LogP contribution in [-0.2, 0) is 6.42 Å². The molecule has 2 nitrogen and oxygen atoms in total. The molecule has 1 aliphatic carbocycles. The lowest BCUT2D eigenvalue weighted by Gasteiger charge is -2.27. The highest BCUT2D eigenvalue weighted by molar-refractivity contribution is 9.10. The van der Waals surface area contributed by atoms with Gasteiger partial charge in [-0.2, -0.15) is 0 Å². The molecule has 108 valence electrons. The van der Waals surface area contributed by atoms with Crippen LogP contribution >= 0.6 is 28.1 Å². The summed E-state index contributed by atoms with van der Waals surface area (Å²) in [5.41, 5.74) is 3.82. The van der Waals surface area contributed by atoms with E-state index in [1.54, 1.807) is 0 Å². The van der Waals surface area contributed by atoms with Gasteiger partial charge in [-0.15, -0.1) is 0 Å². The van der Waals surface area contributed by atoms with E-state index in [1.165, 1.54) is 24.0 Å². The van der Waals surface area contributed by atoms with Gasteiger partial charge in [0.2, 0.25) is 0 Å². The van der Waals surface area contributed by atoms with Gasteiger partial charge in [-0.1, -0.05) is 40.2 Å². The molecule has 3 rings (SSSR count). The van der Waals surface area contributed by atoms with Gasteiger partial charge in [0, 0.05) is 10.2 Å². The second-order valence-electron chi connectivity index (χ2n) is 5.25. The van der Waals surface area contributed by atoms with Gasteiger partial charge in [-0.25, -0.2) is 0 Å². The van der Waals surface area contributed by atoms with Gasteiger partial charge in [0.05, 0.1) is 6.04 Å². The molecule has 4 heteroatoms. The van der Waals surface area contributed by atoms with E-state index in [-0.39, 0.29) is 0 Å². The van der Waals surface area contributed by atoms with Crippen molar-refractivity contribution in [3.05, 3.63) is 64.1 Å². The van der Waals surface area contributed by atoms with Crippen molar-refractivity contribution >= 4 is 38.9 Å². The zero-order valence-electron chi connectivity index (χ0n) is 11.6. The van der Waals surface area contributed by atoms with Crippen molar-refractivity contribution < 1.29 is 0 Å². The molecule has 1 aliphatic rings. The average molecular weight is 361 g/mol. The number of rotatable bonds is 2. The summed E-state index contributed by atoms with van der Waals surface area (Å²) in [6, 6.07) is 17.0. The minimum absolute atomic E-state index is 0.311. The first-order valence-corrected chi connectivity index (χ1v) is 8.33. The number of hydrogen-bond donors (Lipinski definition) is 2. The van der Waals surface area contributed by atoms with Crippen molar-refractivity contribution in [3.63, 3.8) is 0 Å². The quantitative estimate of drug-likeness (QED) is 0.751. The SMILES string of the molecule is S=C(Nc1ccc(Br)cc1)N[C@@H]1CCCc2ccccc21. The lowest BCUT2D eigenvalue weighted by molar-refractivity contribution is 0.529. The van der Waals surface area contributed by atoms with E-state index in [9.17, 15) is 0 Å². The predicted molar refractivity (Wildman–Crippen MR) is 95.6 cm³/mol. The smallest absolute Gasteiger partial charge is 0.171 e. The summed E-state index contributed by atoms with van der Waals surface area (Å²) in [6.07, 6.45) is 3.50. The molecular formula is C17H17BrN2S. The maximum absolute atomic E-state index is 5.44. The van der Waals surface area contributed by atoms with Crippen LogP contribution in [0.3, 0.4) is 0 Å². The summed E-state index contributed by atoms with van der Waals surface area (Å²) in [4.78, 5) is 0. The molecule has 0 radical (unpaired) electrons. The summed E-state index contributed by atoms with van der Waals surface area (Å²) in [6.45, 7) is 0. The predicted octanol–water partition coefficient (Wildman–Crippen LogP) is 4.81. The zero-order valence-corrected chi connectivity index (χ0v) is 14.0. The molecule has 0 saturated heterocycles. The molecule has 2 aromatic carbocycles. The van der Waals surface area contributed by atoms with Crippen LogP contribution in [0.1, 0.15) is 30.0 Å². The Kier molecular flexibility index (Phi) is 4.56. The summed E-state index contributed by atoms with van der Waals surface area (Å²) in [5.74, 6) is 0. The zero-order chi connectivity index (χ0) is 14.7. The molecule has 2 aromatic rings. The molecule has 21 heavy (non-hydrogen) atoms.